The second-order valence-electron chi connectivity index (χ2n) is 6.58. The van der Waals surface area contributed by atoms with Crippen LogP contribution in [0.1, 0.15) is 11.1 Å². The monoisotopic (exact) mass is 377 g/mol. The van der Waals surface area contributed by atoms with Crippen molar-refractivity contribution in [1.82, 2.24) is 0 Å². The van der Waals surface area contributed by atoms with Crippen LogP contribution in [0.2, 0.25) is 0 Å². The molecule has 0 atom stereocenters. The quantitative estimate of drug-likeness (QED) is 0.490. The number of nitrogens with one attached hydrogen (secondary N) is 1. The van der Waals surface area contributed by atoms with Gasteiger partial charge in [0.05, 0.1) is 0 Å². The minimum Gasteiger partial charge on any atom is -0.491 e. The van der Waals surface area contributed by atoms with Gasteiger partial charge in [-0.2, -0.15) is 0 Å². The molecule has 4 nitrogen and oxygen atoms in total. The first-order valence-electron chi connectivity index (χ1n) is 9.55. The van der Waals surface area contributed by atoms with Crippen LogP contribution in [0.3, 0.4) is 0 Å². The van der Waals surface area contributed by atoms with Crippen molar-refractivity contribution in [1.29, 1.82) is 0 Å². The van der Waals surface area contributed by atoms with Crippen molar-refractivity contribution in [2.24, 2.45) is 0 Å². The van der Waals surface area contributed by atoms with Crippen molar-refractivity contribution in [3.8, 4) is 17.2 Å². The van der Waals surface area contributed by atoms with E-state index in [0.717, 1.165) is 35.0 Å². The minimum atomic E-state index is 0.505. The summed E-state index contributed by atoms with van der Waals surface area (Å²) < 4.78 is 17.2. The van der Waals surface area contributed by atoms with Crippen molar-refractivity contribution >= 4 is 5.69 Å². The van der Waals surface area contributed by atoms with E-state index in [2.05, 4.69) is 31.3 Å². The summed E-state index contributed by atoms with van der Waals surface area (Å²) in [6.07, 6.45) is 0. The van der Waals surface area contributed by atoms with Crippen molar-refractivity contribution in [3.05, 3.63) is 83.9 Å². The van der Waals surface area contributed by atoms with Crippen LogP contribution >= 0.6 is 0 Å². The summed E-state index contributed by atoms with van der Waals surface area (Å²) in [7, 11) is 0. The van der Waals surface area contributed by atoms with E-state index >= 15 is 0 Å². The summed E-state index contributed by atoms with van der Waals surface area (Å²) in [5.74, 6) is 2.62. The third kappa shape index (κ3) is 6.23. The topological polar surface area (TPSA) is 39.7 Å². The average molecular weight is 377 g/mol. The van der Waals surface area contributed by atoms with Crippen LogP contribution in [0.4, 0.5) is 5.69 Å². The molecular weight excluding hydrogens is 350 g/mol. The zero-order chi connectivity index (χ0) is 19.6. The summed E-state index contributed by atoms with van der Waals surface area (Å²) in [6.45, 7) is 6.52. The third-order valence-corrected chi connectivity index (χ3v) is 4.24. The van der Waals surface area contributed by atoms with E-state index in [1.54, 1.807) is 0 Å². The van der Waals surface area contributed by atoms with Crippen LogP contribution in [0.25, 0.3) is 0 Å². The van der Waals surface area contributed by atoms with Crippen molar-refractivity contribution < 1.29 is 14.2 Å². The molecular formula is C24H27NO3. The molecule has 0 saturated carbocycles. The lowest BCUT2D eigenvalue weighted by Gasteiger charge is -2.12. The summed E-state index contributed by atoms with van der Waals surface area (Å²) in [6, 6.07) is 23.9. The largest absolute Gasteiger partial charge is 0.491 e. The number of hydrogen-bond acceptors (Lipinski definition) is 4. The molecule has 1 N–H and O–H groups in total. The highest BCUT2D eigenvalue weighted by Gasteiger charge is 2.00. The van der Waals surface area contributed by atoms with Gasteiger partial charge in [-0.1, -0.05) is 35.9 Å². The van der Waals surface area contributed by atoms with Gasteiger partial charge in [-0.3, -0.25) is 0 Å². The normalized spacial score (nSPS) is 10.4. The molecule has 0 aliphatic carbocycles. The summed E-state index contributed by atoms with van der Waals surface area (Å²) in [5, 5.41) is 3.36. The fourth-order valence-electron chi connectivity index (χ4n) is 2.82. The zero-order valence-corrected chi connectivity index (χ0v) is 16.5. The van der Waals surface area contributed by atoms with Gasteiger partial charge in [0.15, 0.2) is 0 Å². The van der Waals surface area contributed by atoms with E-state index in [4.69, 9.17) is 14.2 Å². The highest BCUT2D eigenvalue weighted by Crippen LogP contribution is 2.19. The lowest BCUT2D eigenvalue weighted by atomic mass is 10.1. The highest BCUT2D eigenvalue weighted by atomic mass is 16.5. The average Bonchev–Trinajstić information content (AvgIpc) is 2.72. The molecule has 28 heavy (non-hydrogen) atoms. The van der Waals surface area contributed by atoms with E-state index in [-0.39, 0.29) is 0 Å². The Morgan fingerprint density at radius 1 is 0.679 bits per heavy atom. The zero-order valence-electron chi connectivity index (χ0n) is 16.5. The van der Waals surface area contributed by atoms with E-state index in [0.29, 0.717) is 19.8 Å². The molecule has 0 amide bonds. The van der Waals surface area contributed by atoms with E-state index in [9.17, 15) is 0 Å². The number of rotatable bonds is 10. The minimum absolute atomic E-state index is 0.505. The van der Waals surface area contributed by atoms with E-state index < -0.39 is 0 Å². The maximum atomic E-state index is 5.84. The third-order valence-electron chi connectivity index (χ3n) is 4.24. The van der Waals surface area contributed by atoms with Crippen LogP contribution in [-0.2, 0) is 0 Å². The molecule has 0 saturated heterocycles. The van der Waals surface area contributed by atoms with E-state index in [1.807, 2.05) is 60.7 Å². The molecule has 146 valence electrons. The van der Waals surface area contributed by atoms with Gasteiger partial charge in [-0.15, -0.1) is 0 Å². The Morgan fingerprint density at radius 2 is 1.36 bits per heavy atom. The van der Waals surface area contributed by atoms with Crippen LogP contribution in [0.5, 0.6) is 17.2 Å². The number of para-hydroxylation sites is 1. The molecule has 0 radical (unpaired) electrons. The van der Waals surface area contributed by atoms with Gasteiger partial charge < -0.3 is 19.5 Å². The molecule has 3 rings (SSSR count). The molecule has 3 aromatic rings. The van der Waals surface area contributed by atoms with Gasteiger partial charge in [0.2, 0.25) is 0 Å². The Labute approximate surface area is 167 Å². The first kappa shape index (κ1) is 19.6. The van der Waals surface area contributed by atoms with Gasteiger partial charge in [-0.25, -0.2) is 0 Å². The SMILES string of the molecule is Cc1ccc(OCCNc2ccc(OCCOc3ccccc3)cc2)c(C)c1. The first-order valence-corrected chi connectivity index (χ1v) is 9.55. The van der Waals surface area contributed by atoms with Crippen LogP contribution in [0, 0.1) is 13.8 Å². The van der Waals surface area contributed by atoms with Crippen LogP contribution < -0.4 is 19.5 Å². The maximum Gasteiger partial charge on any atom is 0.122 e. The number of anilines is 1. The van der Waals surface area contributed by atoms with Gasteiger partial charge in [0.25, 0.3) is 0 Å². The lowest BCUT2D eigenvalue weighted by Crippen LogP contribution is -2.12. The highest BCUT2D eigenvalue weighted by molar-refractivity contribution is 5.46. The second-order valence-corrected chi connectivity index (χ2v) is 6.58. The molecule has 4 heteroatoms. The fraction of sp³-hybridized carbons (Fsp3) is 0.250. The fourth-order valence-corrected chi connectivity index (χ4v) is 2.82. The molecule has 0 fully saturated rings. The van der Waals surface area contributed by atoms with Gasteiger partial charge in [0, 0.05) is 12.2 Å². The molecule has 0 heterocycles. The van der Waals surface area contributed by atoms with Gasteiger partial charge >= 0.3 is 0 Å². The Morgan fingerprint density at radius 3 is 2.04 bits per heavy atom. The summed E-state index contributed by atoms with van der Waals surface area (Å²) >= 11 is 0. The van der Waals surface area contributed by atoms with Gasteiger partial charge in [-0.05, 0) is 61.9 Å². The standard InChI is InChI=1S/C24H27NO3/c1-19-8-13-24(20(2)18-19)28-15-14-25-21-9-11-23(12-10-21)27-17-16-26-22-6-4-3-5-7-22/h3-13,18,25H,14-17H2,1-2H3. The van der Waals surface area contributed by atoms with Crippen LogP contribution in [0.15, 0.2) is 72.8 Å². The number of hydrogen-bond donors (Lipinski definition) is 1. The Hall–Kier alpha value is -3.14. The molecule has 0 spiro atoms. The van der Waals surface area contributed by atoms with Crippen molar-refractivity contribution in [3.63, 3.8) is 0 Å². The number of ether oxygens (including phenoxy) is 3. The predicted octanol–water partition coefficient (Wildman–Crippen LogP) is 5.25. The Balaban J connectivity index is 1.33. The maximum absolute atomic E-state index is 5.84. The Bertz CT molecular complexity index is 847. The van der Waals surface area contributed by atoms with Crippen molar-refractivity contribution in [2.75, 3.05) is 31.7 Å². The second kappa shape index (κ2) is 10.3. The molecule has 0 aliphatic rings. The lowest BCUT2D eigenvalue weighted by molar-refractivity contribution is 0.217. The molecule has 0 aromatic heterocycles. The summed E-state index contributed by atoms with van der Waals surface area (Å²) in [4.78, 5) is 0. The molecule has 3 aromatic carbocycles. The number of aryl methyl sites for hydroxylation is 2. The summed E-state index contributed by atoms with van der Waals surface area (Å²) in [5.41, 5.74) is 3.45. The Kier molecular flexibility index (Phi) is 7.19. The number of benzene rings is 3. The first-order chi connectivity index (χ1) is 13.7. The van der Waals surface area contributed by atoms with Crippen LogP contribution in [-0.4, -0.2) is 26.4 Å². The van der Waals surface area contributed by atoms with Crippen molar-refractivity contribution in [2.45, 2.75) is 13.8 Å². The molecule has 0 aliphatic heterocycles. The van der Waals surface area contributed by atoms with Gasteiger partial charge in [0.1, 0.15) is 37.1 Å². The molecule has 0 unspecified atom stereocenters. The smallest absolute Gasteiger partial charge is 0.122 e. The van der Waals surface area contributed by atoms with E-state index in [1.165, 1.54) is 5.56 Å². The predicted molar refractivity (Wildman–Crippen MR) is 114 cm³/mol. The molecule has 0 bridgehead atoms.